The number of hydroxylamine groups is 3. The molecule has 1 saturated heterocycles. The van der Waals surface area contributed by atoms with Crippen LogP contribution < -0.4 is 4.72 Å². The predicted molar refractivity (Wildman–Crippen MR) is 132 cm³/mol. The molecule has 2 aromatic rings. The lowest BCUT2D eigenvalue weighted by Gasteiger charge is -2.36. The number of nitrogens with zero attached hydrogens (tertiary/aromatic N) is 1. The Labute approximate surface area is 215 Å². The smallest absolute Gasteiger partial charge is 0.400 e. The van der Waals surface area contributed by atoms with Crippen LogP contribution in [-0.4, -0.2) is 66.7 Å². The molecule has 3 unspecified atom stereocenters. The molecule has 1 fully saturated rings. The number of aliphatic carboxylic acids is 2. The lowest BCUT2D eigenvalue weighted by atomic mass is 9.84. The number of carboxylic acids is 2. The fraction of sp³-hybridized carbons (Fsp3) is 0.308. The fourth-order valence-corrected chi connectivity index (χ4v) is 5.74. The lowest BCUT2D eigenvalue weighted by molar-refractivity contribution is -0.961. The fourth-order valence-electron chi connectivity index (χ4n) is 4.69. The van der Waals surface area contributed by atoms with Gasteiger partial charge in [0.1, 0.15) is 12.3 Å². The average Bonchev–Trinajstić information content (AvgIpc) is 3.65. The first kappa shape index (κ1) is 26.6. The molecule has 10 nitrogen and oxygen atoms in total. The molecule has 1 aliphatic carbocycles. The van der Waals surface area contributed by atoms with E-state index >= 15 is 0 Å². The van der Waals surface area contributed by atoms with Crippen LogP contribution in [0, 0.1) is 0 Å². The van der Waals surface area contributed by atoms with Crippen molar-refractivity contribution in [2.75, 3.05) is 19.7 Å². The van der Waals surface area contributed by atoms with Gasteiger partial charge in [-0.05, 0) is 35.9 Å². The Bertz CT molecular complexity index is 1300. The molecule has 2 aliphatic rings. The topological polar surface area (TPSA) is 143 Å². The predicted octanol–water partition coefficient (Wildman–Crippen LogP) is 2.45. The summed E-state index contributed by atoms with van der Waals surface area (Å²) >= 11 is 0. The minimum Gasteiger partial charge on any atom is -0.482 e. The van der Waals surface area contributed by atoms with Crippen LogP contribution in [0.2, 0.25) is 0 Å². The quantitative estimate of drug-likeness (QED) is 0.265. The Kier molecular flexibility index (Phi) is 7.79. The van der Waals surface area contributed by atoms with Gasteiger partial charge < -0.3 is 14.9 Å². The molecule has 0 aromatic heterocycles. The van der Waals surface area contributed by atoms with E-state index < -0.39 is 40.3 Å². The molecule has 0 amide bonds. The second-order valence-electron chi connectivity index (χ2n) is 8.94. The SMILES string of the molecule is O=C(O)COC1=CCC(CCNS(=O)(=O)c2ccccc2)([N+]2(CCc3ccccc3)OC2C(=O)O)C=C1. The molecule has 2 aromatic carbocycles. The van der Waals surface area contributed by atoms with E-state index in [4.69, 9.17) is 14.7 Å². The minimum atomic E-state index is -3.77. The first-order valence-corrected chi connectivity index (χ1v) is 13.3. The molecule has 3 atom stereocenters. The third kappa shape index (κ3) is 5.91. The molecule has 0 radical (unpaired) electrons. The summed E-state index contributed by atoms with van der Waals surface area (Å²) in [5, 5.41) is 18.8. The molecule has 11 heteroatoms. The van der Waals surface area contributed by atoms with Crippen molar-refractivity contribution in [3.05, 3.63) is 90.2 Å². The van der Waals surface area contributed by atoms with Crippen molar-refractivity contribution in [3.63, 3.8) is 0 Å². The third-order valence-corrected chi connectivity index (χ3v) is 8.12. The van der Waals surface area contributed by atoms with E-state index in [0.717, 1.165) is 5.56 Å². The molecule has 3 N–H and O–H groups in total. The number of carboxylic acid groups (broad SMARTS) is 2. The van der Waals surface area contributed by atoms with Crippen LogP contribution in [0.4, 0.5) is 0 Å². The van der Waals surface area contributed by atoms with Crippen molar-refractivity contribution in [2.24, 2.45) is 0 Å². The molecular formula is C26H29N2O8S+. The normalized spacial score (nSPS) is 24.8. The standard InChI is InChI=1S/C26H28N2O8S/c29-23(30)19-35-21-11-14-26(15-12-21,16-17-27-37(33,34)22-9-5-2-6-10-22)28(24(36-28)25(31)32)18-13-20-7-3-1-4-8-20/h1-12,14,24,27H,13,15-19H2,(H-,29,30,31,32)/p+1. The maximum Gasteiger partial charge on any atom is 0.400 e. The minimum absolute atomic E-state index is 0.0295. The van der Waals surface area contributed by atoms with Crippen molar-refractivity contribution in [1.82, 2.24) is 4.72 Å². The average molecular weight is 530 g/mol. The zero-order valence-corrected chi connectivity index (χ0v) is 20.8. The molecular weight excluding hydrogens is 500 g/mol. The number of ether oxygens (including phenoxy) is 1. The van der Waals surface area contributed by atoms with Crippen molar-refractivity contribution < 1.29 is 42.4 Å². The van der Waals surface area contributed by atoms with E-state index in [-0.39, 0.29) is 28.9 Å². The molecule has 0 bridgehead atoms. The van der Waals surface area contributed by atoms with Gasteiger partial charge in [-0.3, -0.25) is 0 Å². The van der Waals surface area contributed by atoms with Crippen LogP contribution in [0.5, 0.6) is 0 Å². The van der Waals surface area contributed by atoms with Crippen LogP contribution in [0.3, 0.4) is 0 Å². The number of hydrogen-bond donors (Lipinski definition) is 3. The van der Waals surface area contributed by atoms with Gasteiger partial charge in [-0.15, -0.1) is 9.48 Å². The Morgan fingerprint density at radius 3 is 2.32 bits per heavy atom. The Morgan fingerprint density at radius 2 is 1.76 bits per heavy atom. The van der Waals surface area contributed by atoms with Crippen LogP contribution >= 0.6 is 0 Å². The number of allylic oxidation sites excluding steroid dienone is 1. The number of nitrogens with one attached hydrogen (secondary N) is 1. The van der Waals surface area contributed by atoms with E-state index in [0.29, 0.717) is 18.7 Å². The number of benzene rings is 2. The summed E-state index contributed by atoms with van der Waals surface area (Å²) in [7, 11) is -3.77. The second-order valence-corrected chi connectivity index (χ2v) is 10.7. The summed E-state index contributed by atoms with van der Waals surface area (Å²) in [5.74, 6) is -1.88. The molecule has 0 saturated carbocycles. The van der Waals surface area contributed by atoms with E-state index in [1.54, 1.807) is 36.4 Å². The number of quaternary nitrogens is 1. The van der Waals surface area contributed by atoms with Crippen LogP contribution in [0.1, 0.15) is 18.4 Å². The molecule has 0 spiro atoms. The first-order chi connectivity index (χ1) is 17.7. The summed E-state index contributed by atoms with van der Waals surface area (Å²) in [6, 6.07) is 17.6. The number of sulfonamides is 1. The van der Waals surface area contributed by atoms with Gasteiger partial charge >= 0.3 is 18.2 Å². The van der Waals surface area contributed by atoms with Gasteiger partial charge in [-0.1, -0.05) is 48.5 Å². The van der Waals surface area contributed by atoms with Crippen molar-refractivity contribution in [2.45, 2.75) is 35.9 Å². The van der Waals surface area contributed by atoms with E-state index in [2.05, 4.69) is 4.72 Å². The largest absolute Gasteiger partial charge is 0.482 e. The maximum atomic E-state index is 12.8. The highest BCUT2D eigenvalue weighted by Gasteiger charge is 2.73. The van der Waals surface area contributed by atoms with Gasteiger partial charge in [0.05, 0.1) is 4.90 Å². The van der Waals surface area contributed by atoms with Gasteiger partial charge in [-0.2, -0.15) is 0 Å². The molecule has 1 heterocycles. The summed E-state index contributed by atoms with van der Waals surface area (Å²) in [6.45, 7) is -0.139. The number of hydrogen-bond acceptors (Lipinski definition) is 6. The van der Waals surface area contributed by atoms with Gasteiger partial charge in [-0.25, -0.2) is 22.7 Å². The summed E-state index contributed by atoms with van der Waals surface area (Å²) < 4.78 is 33.2. The van der Waals surface area contributed by atoms with E-state index in [1.807, 2.05) is 30.3 Å². The third-order valence-electron chi connectivity index (χ3n) is 6.64. The Hall–Kier alpha value is -3.51. The number of rotatable bonds is 13. The highest BCUT2D eigenvalue weighted by Crippen LogP contribution is 2.50. The molecule has 37 heavy (non-hydrogen) atoms. The highest BCUT2D eigenvalue weighted by atomic mass is 32.2. The van der Waals surface area contributed by atoms with Gasteiger partial charge in [0, 0.05) is 25.8 Å². The molecule has 1 aliphatic heterocycles. The van der Waals surface area contributed by atoms with Crippen molar-refractivity contribution >= 4 is 22.0 Å². The van der Waals surface area contributed by atoms with Gasteiger partial charge in [0.25, 0.3) is 0 Å². The van der Waals surface area contributed by atoms with Crippen LogP contribution in [0.25, 0.3) is 0 Å². The lowest BCUT2D eigenvalue weighted by Crippen LogP contribution is -2.55. The van der Waals surface area contributed by atoms with Crippen LogP contribution in [0.15, 0.2) is 89.5 Å². The van der Waals surface area contributed by atoms with Crippen molar-refractivity contribution in [3.8, 4) is 0 Å². The molecule has 4 rings (SSSR count). The number of carbonyl (C=O) groups is 2. The monoisotopic (exact) mass is 529 g/mol. The zero-order valence-electron chi connectivity index (χ0n) is 20.0. The van der Waals surface area contributed by atoms with Crippen molar-refractivity contribution in [1.29, 1.82) is 0 Å². The summed E-state index contributed by atoms with van der Waals surface area (Å²) in [6.07, 6.45) is 4.98. The van der Waals surface area contributed by atoms with Crippen LogP contribution in [-0.2, 0) is 35.6 Å². The van der Waals surface area contributed by atoms with E-state index in [1.165, 1.54) is 12.1 Å². The molecule has 196 valence electrons. The summed E-state index contributed by atoms with van der Waals surface area (Å²) in [5.41, 5.74) is 0.0908. The Balaban J connectivity index is 1.58. The second kappa shape index (κ2) is 10.9. The first-order valence-electron chi connectivity index (χ1n) is 11.8. The van der Waals surface area contributed by atoms with Gasteiger partial charge in [0.15, 0.2) is 12.1 Å². The highest BCUT2D eigenvalue weighted by molar-refractivity contribution is 7.89. The maximum absolute atomic E-state index is 12.8. The van der Waals surface area contributed by atoms with Gasteiger partial charge in [0.2, 0.25) is 10.0 Å². The zero-order chi connectivity index (χ0) is 26.5. The Morgan fingerprint density at radius 1 is 1.08 bits per heavy atom. The van der Waals surface area contributed by atoms with E-state index in [9.17, 15) is 23.1 Å². The summed E-state index contributed by atoms with van der Waals surface area (Å²) in [4.78, 5) is 29.0.